The highest BCUT2D eigenvalue weighted by Gasteiger charge is 2.16. The molecule has 0 aliphatic carbocycles. The van der Waals surface area contributed by atoms with Gasteiger partial charge in [0.05, 0.1) is 9.79 Å². The number of hydrogen-bond donors (Lipinski definition) is 0. The summed E-state index contributed by atoms with van der Waals surface area (Å²) in [7, 11) is -3.42. The van der Waals surface area contributed by atoms with E-state index in [1.54, 1.807) is 36.4 Å². The SMILES string of the molecule is [CH2]c1ccc(S(=O)(=O)c2ccc(CCCC)cc2)cc1. The quantitative estimate of drug-likeness (QED) is 0.831. The Morgan fingerprint density at radius 1 is 0.900 bits per heavy atom. The number of unbranched alkanes of at least 4 members (excludes halogenated alkanes) is 1. The van der Waals surface area contributed by atoms with Crippen molar-refractivity contribution >= 4 is 9.84 Å². The Morgan fingerprint density at radius 3 is 1.90 bits per heavy atom. The van der Waals surface area contributed by atoms with Crippen LogP contribution in [0.25, 0.3) is 0 Å². The molecule has 0 aliphatic rings. The van der Waals surface area contributed by atoms with E-state index in [0.717, 1.165) is 24.8 Å². The molecule has 0 aromatic heterocycles. The van der Waals surface area contributed by atoms with E-state index in [2.05, 4.69) is 13.8 Å². The molecule has 0 saturated carbocycles. The van der Waals surface area contributed by atoms with Crippen molar-refractivity contribution in [3.8, 4) is 0 Å². The molecule has 0 spiro atoms. The van der Waals surface area contributed by atoms with Crippen LogP contribution >= 0.6 is 0 Å². The molecule has 2 nitrogen and oxygen atoms in total. The molecule has 0 fully saturated rings. The van der Waals surface area contributed by atoms with Crippen LogP contribution in [0.5, 0.6) is 0 Å². The lowest BCUT2D eigenvalue weighted by molar-refractivity contribution is 0.596. The van der Waals surface area contributed by atoms with Gasteiger partial charge in [-0.1, -0.05) is 37.6 Å². The zero-order chi connectivity index (χ0) is 14.6. The topological polar surface area (TPSA) is 34.1 Å². The fraction of sp³-hybridized carbons (Fsp3) is 0.235. The Labute approximate surface area is 121 Å². The highest BCUT2D eigenvalue weighted by Crippen LogP contribution is 2.21. The molecule has 20 heavy (non-hydrogen) atoms. The molecule has 0 saturated heterocycles. The normalized spacial score (nSPS) is 11.5. The summed E-state index contributed by atoms with van der Waals surface area (Å²) in [4.78, 5) is 0.653. The second kappa shape index (κ2) is 6.23. The summed E-state index contributed by atoms with van der Waals surface area (Å²) < 4.78 is 24.9. The Bertz CT molecular complexity index is 653. The van der Waals surface area contributed by atoms with Gasteiger partial charge in [0.15, 0.2) is 0 Å². The number of benzene rings is 2. The predicted octanol–water partition coefficient (Wildman–Crippen LogP) is 4.04. The molecule has 0 amide bonds. The summed E-state index contributed by atoms with van der Waals surface area (Å²) in [5.41, 5.74) is 1.98. The van der Waals surface area contributed by atoms with E-state index in [1.807, 2.05) is 12.1 Å². The van der Waals surface area contributed by atoms with Crippen molar-refractivity contribution in [2.45, 2.75) is 36.0 Å². The van der Waals surface area contributed by atoms with Crippen LogP contribution in [0.4, 0.5) is 0 Å². The second-order valence-corrected chi connectivity index (χ2v) is 6.84. The standard InChI is InChI=1S/C17H19O2S/c1-3-4-5-15-8-12-17(13-9-15)20(18,19)16-10-6-14(2)7-11-16/h6-13H,2-5H2,1H3. The first-order valence-corrected chi connectivity index (χ1v) is 8.28. The average Bonchev–Trinajstić information content (AvgIpc) is 2.46. The van der Waals surface area contributed by atoms with E-state index in [9.17, 15) is 8.42 Å². The van der Waals surface area contributed by atoms with Crippen molar-refractivity contribution in [1.29, 1.82) is 0 Å². The third-order valence-electron chi connectivity index (χ3n) is 3.29. The van der Waals surface area contributed by atoms with E-state index < -0.39 is 9.84 Å². The van der Waals surface area contributed by atoms with Gasteiger partial charge < -0.3 is 0 Å². The van der Waals surface area contributed by atoms with Crippen LogP contribution in [0.1, 0.15) is 30.9 Å². The minimum Gasteiger partial charge on any atom is -0.219 e. The van der Waals surface area contributed by atoms with Gasteiger partial charge in [-0.2, -0.15) is 0 Å². The van der Waals surface area contributed by atoms with Crippen LogP contribution in [-0.4, -0.2) is 8.42 Å². The van der Waals surface area contributed by atoms with Crippen molar-refractivity contribution in [2.75, 3.05) is 0 Å². The second-order valence-electron chi connectivity index (χ2n) is 4.89. The van der Waals surface area contributed by atoms with E-state index in [0.29, 0.717) is 9.79 Å². The molecule has 0 aliphatic heterocycles. The van der Waals surface area contributed by atoms with E-state index in [-0.39, 0.29) is 0 Å². The number of hydrogen-bond acceptors (Lipinski definition) is 2. The van der Waals surface area contributed by atoms with Crippen LogP contribution in [-0.2, 0) is 16.3 Å². The Balaban J connectivity index is 2.27. The Kier molecular flexibility index (Phi) is 4.61. The molecule has 2 aromatic rings. The fourth-order valence-corrected chi connectivity index (χ4v) is 3.28. The lowest BCUT2D eigenvalue weighted by Crippen LogP contribution is -2.02. The lowest BCUT2D eigenvalue weighted by atomic mass is 10.1. The molecule has 105 valence electrons. The van der Waals surface area contributed by atoms with Crippen molar-refractivity contribution in [2.24, 2.45) is 0 Å². The molecular weight excluding hydrogens is 268 g/mol. The van der Waals surface area contributed by atoms with Gasteiger partial charge in [0, 0.05) is 0 Å². The average molecular weight is 287 g/mol. The van der Waals surface area contributed by atoms with E-state index in [1.165, 1.54) is 5.56 Å². The van der Waals surface area contributed by atoms with Crippen molar-refractivity contribution in [3.63, 3.8) is 0 Å². The Hall–Kier alpha value is -1.61. The molecule has 0 atom stereocenters. The molecule has 1 radical (unpaired) electrons. The highest BCUT2D eigenvalue weighted by molar-refractivity contribution is 7.91. The van der Waals surface area contributed by atoms with Crippen LogP contribution in [0, 0.1) is 6.92 Å². The molecule has 2 aromatic carbocycles. The monoisotopic (exact) mass is 287 g/mol. The summed E-state index contributed by atoms with van der Waals surface area (Å²) >= 11 is 0. The maximum Gasteiger partial charge on any atom is 0.206 e. The lowest BCUT2D eigenvalue weighted by Gasteiger charge is -2.06. The molecule has 2 rings (SSSR count). The van der Waals surface area contributed by atoms with Gasteiger partial charge in [0.2, 0.25) is 9.84 Å². The predicted molar refractivity (Wildman–Crippen MR) is 81.4 cm³/mol. The molecule has 0 heterocycles. The largest absolute Gasteiger partial charge is 0.219 e. The third kappa shape index (κ3) is 3.28. The third-order valence-corrected chi connectivity index (χ3v) is 5.07. The van der Waals surface area contributed by atoms with Gasteiger partial charge in [-0.15, -0.1) is 0 Å². The highest BCUT2D eigenvalue weighted by atomic mass is 32.2. The number of sulfone groups is 1. The van der Waals surface area contributed by atoms with Crippen LogP contribution in [0.15, 0.2) is 58.3 Å². The van der Waals surface area contributed by atoms with Gasteiger partial charge >= 0.3 is 0 Å². The summed E-state index contributed by atoms with van der Waals surface area (Å²) in [6.07, 6.45) is 3.25. The van der Waals surface area contributed by atoms with E-state index in [4.69, 9.17) is 0 Å². The van der Waals surface area contributed by atoms with Crippen molar-refractivity contribution in [1.82, 2.24) is 0 Å². The van der Waals surface area contributed by atoms with Gasteiger partial charge in [0.1, 0.15) is 0 Å². The first kappa shape index (κ1) is 14.8. The molecular formula is C17H19O2S. The van der Waals surface area contributed by atoms with Crippen LogP contribution in [0.3, 0.4) is 0 Å². The van der Waals surface area contributed by atoms with Gasteiger partial charge in [-0.3, -0.25) is 0 Å². The van der Waals surface area contributed by atoms with Crippen molar-refractivity contribution < 1.29 is 8.42 Å². The van der Waals surface area contributed by atoms with E-state index >= 15 is 0 Å². The van der Waals surface area contributed by atoms with Crippen LogP contribution in [0.2, 0.25) is 0 Å². The minimum absolute atomic E-state index is 0.311. The molecule has 0 unspecified atom stereocenters. The fourth-order valence-electron chi connectivity index (χ4n) is 2.02. The van der Waals surface area contributed by atoms with Gasteiger partial charge in [-0.25, -0.2) is 8.42 Å². The maximum absolute atomic E-state index is 12.5. The Morgan fingerprint density at radius 2 is 1.40 bits per heavy atom. The minimum atomic E-state index is -3.42. The molecule has 3 heteroatoms. The van der Waals surface area contributed by atoms with Crippen molar-refractivity contribution in [3.05, 3.63) is 66.6 Å². The summed E-state index contributed by atoms with van der Waals surface area (Å²) in [6.45, 7) is 5.91. The summed E-state index contributed by atoms with van der Waals surface area (Å²) in [5, 5.41) is 0. The zero-order valence-corrected chi connectivity index (χ0v) is 12.5. The first-order valence-electron chi connectivity index (χ1n) is 6.80. The van der Waals surface area contributed by atoms with Gasteiger partial charge in [0.25, 0.3) is 0 Å². The smallest absolute Gasteiger partial charge is 0.206 e. The van der Waals surface area contributed by atoms with Gasteiger partial charge in [-0.05, 0) is 55.2 Å². The molecule has 0 bridgehead atoms. The van der Waals surface area contributed by atoms with Crippen LogP contribution < -0.4 is 0 Å². The number of aryl methyl sites for hydroxylation is 1. The summed E-state index contributed by atoms with van der Waals surface area (Å²) in [5.74, 6) is 0. The first-order chi connectivity index (χ1) is 9.54. The molecule has 0 N–H and O–H groups in total. The number of rotatable bonds is 5. The maximum atomic E-state index is 12.5. The summed E-state index contributed by atoms with van der Waals surface area (Å²) in [6, 6.07) is 13.8. The zero-order valence-electron chi connectivity index (χ0n) is 11.7.